The van der Waals surface area contributed by atoms with Gasteiger partial charge in [0.15, 0.2) is 0 Å². The van der Waals surface area contributed by atoms with Gasteiger partial charge < -0.3 is 0 Å². The van der Waals surface area contributed by atoms with Gasteiger partial charge >= 0.3 is 0 Å². The summed E-state index contributed by atoms with van der Waals surface area (Å²) in [4.78, 5) is 0. The zero-order chi connectivity index (χ0) is 10.8. The molecule has 0 aliphatic carbocycles. The number of benzene rings is 1. The third-order valence-electron chi connectivity index (χ3n) is 1.99. The van der Waals surface area contributed by atoms with Gasteiger partial charge in [-0.25, -0.2) is 9.07 Å². The molecule has 0 radical (unpaired) electrons. The van der Waals surface area contributed by atoms with E-state index >= 15 is 0 Å². The molecule has 0 saturated carbocycles. The average molecular weight is 337 g/mol. The molecule has 0 unspecified atom stereocenters. The van der Waals surface area contributed by atoms with Crippen molar-refractivity contribution in [2.24, 2.45) is 0 Å². The lowest BCUT2D eigenvalue weighted by Gasteiger charge is -2.07. The Morgan fingerprint density at radius 3 is 2.87 bits per heavy atom. The highest BCUT2D eigenvalue weighted by Gasteiger charge is 2.10. The van der Waals surface area contributed by atoms with E-state index in [0.717, 1.165) is 9.13 Å². The first-order valence-corrected chi connectivity index (χ1v) is 5.87. The molecular weight excluding hydrogens is 329 g/mol. The molecule has 15 heavy (non-hydrogen) atoms. The van der Waals surface area contributed by atoms with Crippen molar-refractivity contribution >= 4 is 34.2 Å². The summed E-state index contributed by atoms with van der Waals surface area (Å²) in [6.07, 6.45) is 3.43. The van der Waals surface area contributed by atoms with Crippen LogP contribution in [0.15, 0.2) is 30.6 Å². The molecule has 0 saturated heterocycles. The molecule has 5 heteroatoms. The second kappa shape index (κ2) is 4.49. The van der Waals surface area contributed by atoms with Crippen LogP contribution in [0.5, 0.6) is 0 Å². The normalized spacial score (nSPS) is 10.6. The smallest absolute Gasteiger partial charge is 0.149 e. The number of hydrogen-bond donors (Lipinski definition) is 0. The Kier molecular flexibility index (Phi) is 3.25. The summed E-state index contributed by atoms with van der Waals surface area (Å²) < 4.78 is 16.1. The minimum absolute atomic E-state index is 0.267. The predicted molar refractivity (Wildman–Crippen MR) is 65.8 cm³/mol. The van der Waals surface area contributed by atoms with E-state index < -0.39 is 0 Å². The highest BCUT2D eigenvalue weighted by Crippen LogP contribution is 2.20. The Morgan fingerprint density at radius 2 is 2.27 bits per heavy atom. The summed E-state index contributed by atoms with van der Waals surface area (Å²) in [5, 5.41) is 4.07. The summed E-state index contributed by atoms with van der Waals surface area (Å²) in [6.45, 7) is 0. The maximum atomic E-state index is 13.6. The third-order valence-corrected chi connectivity index (χ3v) is 2.84. The summed E-state index contributed by atoms with van der Waals surface area (Å²) >= 11 is 7.88. The first-order valence-electron chi connectivity index (χ1n) is 4.26. The van der Waals surface area contributed by atoms with E-state index in [4.69, 9.17) is 11.6 Å². The molecule has 1 heterocycles. The van der Waals surface area contributed by atoms with E-state index in [0.29, 0.717) is 5.69 Å². The maximum Gasteiger partial charge on any atom is 0.149 e. The molecule has 78 valence electrons. The van der Waals surface area contributed by atoms with Crippen LogP contribution in [-0.2, 0) is 5.88 Å². The first-order chi connectivity index (χ1) is 7.22. The summed E-state index contributed by atoms with van der Waals surface area (Å²) in [5.74, 6) is -0.0450. The molecule has 0 atom stereocenters. The van der Waals surface area contributed by atoms with Crippen molar-refractivity contribution in [3.05, 3.63) is 45.5 Å². The Labute approximate surface area is 105 Å². The van der Waals surface area contributed by atoms with Crippen LogP contribution in [0, 0.1) is 9.39 Å². The molecule has 1 aromatic carbocycles. The van der Waals surface area contributed by atoms with E-state index in [1.165, 1.54) is 10.7 Å². The molecule has 0 amide bonds. The van der Waals surface area contributed by atoms with E-state index in [1.807, 2.05) is 0 Å². The minimum atomic E-state index is -0.312. The van der Waals surface area contributed by atoms with Crippen LogP contribution >= 0.6 is 34.2 Å². The predicted octanol–water partition coefficient (Wildman–Crippen LogP) is 3.35. The summed E-state index contributed by atoms with van der Waals surface area (Å²) in [7, 11) is 0. The Hall–Kier alpha value is -0.620. The first kappa shape index (κ1) is 10.9. The van der Waals surface area contributed by atoms with Crippen LogP contribution in [0.25, 0.3) is 5.69 Å². The summed E-state index contributed by atoms with van der Waals surface area (Å²) in [5.41, 5.74) is 1.16. The molecule has 2 rings (SSSR count). The van der Waals surface area contributed by atoms with E-state index in [9.17, 15) is 4.39 Å². The molecule has 0 bridgehead atoms. The van der Waals surface area contributed by atoms with Crippen molar-refractivity contribution in [3.63, 3.8) is 0 Å². The number of alkyl halides is 1. The lowest BCUT2D eigenvalue weighted by molar-refractivity contribution is 0.608. The number of nitrogens with zero attached hydrogens (tertiary/aromatic N) is 2. The highest BCUT2D eigenvalue weighted by atomic mass is 127. The van der Waals surface area contributed by atoms with Crippen LogP contribution in [0.3, 0.4) is 0 Å². The van der Waals surface area contributed by atoms with E-state index in [-0.39, 0.29) is 11.7 Å². The number of rotatable bonds is 2. The number of para-hydroxylation sites is 1. The van der Waals surface area contributed by atoms with Crippen molar-refractivity contribution in [3.8, 4) is 5.69 Å². The Bertz CT molecular complexity index is 484. The third kappa shape index (κ3) is 2.15. The van der Waals surface area contributed by atoms with Crippen molar-refractivity contribution < 1.29 is 4.39 Å². The van der Waals surface area contributed by atoms with Crippen LogP contribution in [-0.4, -0.2) is 9.78 Å². The monoisotopic (exact) mass is 336 g/mol. The van der Waals surface area contributed by atoms with Gasteiger partial charge in [-0.2, -0.15) is 5.10 Å². The fourth-order valence-corrected chi connectivity index (χ4v) is 1.95. The molecule has 0 aliphatic heterocycles. The van der Waals surface area contributed by atoms with Gasteiger partial charge in [-0.1, -0.05) is 12.1 Å². The number of aromatic nitrogens is 2. The van der Waals surface area contributed by atoms with Crippen LogP contribution < -0.4 is 0 Å². The van der Waals surface area contributed by atoms with Gasteiger partial charge in [-0.15, -0.1) is 11.6 Å². The van der Waals surface area contributed by atoms with Crippen molar-refractivity contribution in [2.45, 2.75) is 5.88 Å². The van der Waals surface area contributed by atoms with E-state index in [2.05, 4.69) is 27.7 Å². The van der Waals surface area contributed by atoms with Crippen molar-refractivity contribution in [1.29, 1.82) is 0 Å². The second-order valence-electron chi connectivity index (χ2n) is 2.98. The molecule has 1 aromatic heterocycles. The molecule has 0 N–H and O–H groups in total. The van der Waals surface area contributed by atoms with Crippen LogP contribution in [0.4, 0.5) is 4.39 Å². The average Bonchev–Trinajstić information content (AvgIpc) is 2.64. The lowest BCUT2D eigenvalue weighted by Crippen LogP contribution is -2.02. The fraction of sp³-hybridized carbons (Fsp3) is 0.100. The molecule has 2 nitrogen and oxygen atoms in total. The minimum Gasteiger partial charge on any atom is -0.237 e. The van der Waals surface area contributed by atoms with Crippen molar-refractivity contribution in [2.75, 3.05) is 0 Å². The molecule has 0 aliphatic rings. The quantitative estimate of drug-likeness (QED) is 0.607. The van der Waals surface area contributed by atoms with Gasteiger partial charge in [0.05, 0.1) is 9.77 Å². The van der Waals surface area contributed by atoms with Crippen LogP contribution in [0.1, 0.15) is 5.56 Å². The highest BCUT2D eigenvalue weighted by molar-refractivity contribution is 14.1. The molecular formula is C10H7ClFIN2. The topological polar surface area (TPSA) is 17.8 Å². The fourth-order valence-electron chi connectivity index (χ4n) is 1.35. The van der Waals surface area contributed by atoms with Gasteiger partial charge in [0.25, 0.3) is 0 Å². The van der Waals surface area contributed by atoms with Gasteiger partial charge in [-0.05, 0) is 34.2 Å². The SMILES string of the molecule is Fc1cccc(CCl)c1-n1cc(I)cn1. The van der Waals surface area contributed by atoms with Gasteiger partial charge in [0.1, 0.15) is 11.5 Å². The maximum absolute atomic E-state index is 13.6. The Balaban J connectivity index is 2.60. The summed E-state index contributed by atoms with van der Waals surface area (Å²) in [6, 6.07) is 4.84. The molecule has 2 aromatic rings. The number of hydrogen-bond acceptors (Lipinski definition) is 1. The van der Waals surface area contributed by atoms with Gasteiger partial charge in [-0.3, -0.25) is 0 Å². The molecule has 0 fully saturated rings. The largest absolute Gasteiger partial charge is 0.237 e. The van der Waals surface area contributed by atoms with Gasteiger partial charge in [0.2, 0.25) is 0 Å². The van der Waals surface area contributed by atoms with Crippen LogP contribution in [0.2, 0.25) is 0 Å². The molecule has 0 spiro atoms. The zero-order valence-electron chi connectivity index (χ0n) is 7.62. The standard InChI is InChI=1S/C10H7ClFIN2/c11-4-7-2-1-3-9(12)10(7)15-6-8(13)5-14-15/h1-3,5-6H,4H2. The Morgan fingerprint density at radius 1 is 1.47 bits per heavy atom. The lowest BCUT2D eigenvalue weighted by atomic mass is 10.2. The van der Waals surface area contributed by atoms with Crippen molar-refractivity contribution in [1.82, 2.24) is 9.78 Å². The van der Waals surface area contributed by atoms with E-state index in [1.54, 1.807) is 24.5 Å². The second-order valence-corrected chi connectivity index (χ2v) is 4.50. The van der Waals surface area contributed by atoms with Gasteiger partial charge in [0, 0.05) is 12.1 Å². The number of halogens is 3. The zero-order valence-corrected chi connectivity index (χ0v) is 10.5.